The van der Waals surface area contributed by atoms with E-state index in [4.69, 9.17) is 10.2 Å². The van der Waals surface area contributed by atoms with Crippen LogP contribution in [0.2, 0.25) is 0 Å². The number of rotatable bonds is 2. The molecule has 2 saturated carbocycles. The van der Waals surface area contributed by atoms with Gasteiger partial charge in [0.15, 0.2) is 0 Å². The number of benzene rings is 1. The van der Waals surface area contributed by atoms with Gasteiger partial charge in [-0.15, -0.1) is 0 Å². The molecular weight excluding hydrogens is 246 g/mol. The number of aromatic nitrogens is 2. The lowest BCUT2D eigenvalue weighted by Crippen LogP contribution is -2.15. The summed E-state index contributed by atoms with van der Waals surface area (Å²) >= 11 is 0. The summed E-state index contributed by atoms with van der Waals surface area (Å²) in [5.74, 6) is 3.95. The normalized spacial score (nSPS) is 28.1. The van der Waals surface area contributed by atoms with E-state index in [9.17, 15) is 0 Å². The first-order valence-electron chi connectivity index (χ1n) is 7.60. The van der Waals surface area contributed by atoms with Crippen LogP contribution in [0.25, 0.3) is 11.0 Å². The molecule has 1 aromatic heterocycles. The van der Waals surface area contributed by atoms with Crippen LogP contribution in [0.15, 0.2) is 18.2 Å². The number of aryl methyl sites for hydroxylation is 1. The molecule has 3 heteroatoms. The maximum atomic E-state index is 9.02. The van der Waals surface area contributed by atoms with Crippen LogP contribution in [0, 0.1) is 29.1 Å². The van der Waals surface area contributed by atoms with Crippen LogP contribution in [0.3, 0.4) is 0 Å². The molecule has 0 spiro atoms. The monoisotopic (exact) mass is 265 g/mol. The van der Waals surface area contributed by atoms with Crippen molar-refractivity contribution in [3.05, 3.63) is 29.6 Å². The molecule has 1 aromatic carbocycles. The van der Waals surface area contributed by atoms with Crippen molar-refractivity contribution in [3.8, 4) is 6.07 Å². The van der Waals surface area contributed by atoms with Gasteiger partial charge in [-0.1, -0.05) is 6.42 Å². The molecule has 0 amide bonds. The first-order valence-corrected chi connectivity index (χ1v) is 7.60. The molecule has 3 unspecified atom stereocenters. The molecule has 0 N–H and O–H groups in total. The fourth-order valence-electron chi connectivity index (χ4n) is 4.35. The molecule has 20 heavy (non-hydrogen) atoms. The zero-order valence-electron chi connectivity index (χ0n) is 11.8. The number of fused-ring (bicyclic) bond motifs is 3. The van der Waals surface area contributed by atoms with E-state index in [2.05, 4.69) is 17.7 Å². The number of hydrogen-bond donors (Lipinski definition) is 0. The minimum absolute atomic E-state index is 0.715. The lowest BCUT2D eigenvalue weighted by Gasteiger charge is -2.21. The minimum Gasteiger partial charge on any atom is -0.331 e. The Hall–Kier alpha value is -1.82. The van der Waals surface area contributed by atoms with Gasteiger partial charge >= 0.3 is 0 Å². The van der Waals surface area contributed by atoms with Crippen LogP contribution >= 0.6 is 0 Å². The molecule has 2 aliphatic carbocycles. The number of nitrogens with zero attached hydrogens (tertiary/aromatic N) is 3. The van der Waals surface area contributed by atoms with Crippen LogP contribution in [-0.4, -0.2) is 9.55 Å². The molecule has 3 nitrogen and oxygen atoms in total. The zero-order valence-corrected chi connectivity index (χ0v) is 11.8. The second-order valence-corrected chi connectivity index (χ2v) is 6.54. The summed E-state index contributed by atoms with van der Waals surface area (Å²) in [7, 11) is 2.08. The van der Waals surface area contributed by atoms with Crippen molar-refractivity contribution in [2.45, 2.75) is 32.1 Å². The fourth-order valence-corrected chi connectivity index (χ4v) is 4.35. The first-order chi connectivity index (χ1) is 9.74. The molecule has 2 aliphatic rings. The van der Waals surface area contributed by atoms with Crippen LogP contribution in [0.5, 0.6) is 0 Å². The molecule has 102 valence electrons. The highest BCUT2D eigenvalue weighted by Crippen LogP contribution is 2.49. The summed E-state index contributed by atoms with van der Waals surface area (Å²) in [6.45, 7) is 0. The van der Waals surface area contributed by atoms with Gasteiger partial charge in [0, 0.05) is 13.5 Å². The van der Waals surface area contributed by atoms with Crippen molar-refractivity contribution in [2.24, 2.45) is 24.8 Å². The predicted octanol–water partition coefficient (Wildman–Crippen LogP) is 3.42. The van der Waals surface area contributed by atoms with E-state index in [-0.39, 0.29) is 0 Å². The summed E-state index contributed by atoms with van der Waals surface area (Å²) in [6, 6.07) is 7.99. The highest BCUT2D eigenvalue weighted by Gasteiger charge is 2.39. The Morgan fingerprint density at radius 1 is 1.35 bits per heavy atom. The van der Waals surface area contributed by atoms with E-state index >= 15 is 0 Å². The van der Waals surface area contributed by atoms with Gasteiger partial charge in [0.2, 0.25) is 0 Å². The molecule has 4 rings (SSSR count). The van der Waals surface area contributed by atoms with Gasteiger partial charge in [0.05, 0.1) is 22.7 Å². The average Bonchev–Trinajstić information content (AvgIpc) is 3.15. The summed E-state index contributed by atoms with van der Waals surface area (Å²) in [5.41, 5.74) is 2.82. The van der Waals surface area contributed by atoms with Gasteiger partial charge in [-0.2, -0.15) is 5.26 Å². The number of nitriles is 1. The summed E-state index contributed by atoms with van der Waals surface area (Å²) in [4.78, 5) is 4.79. The predicted molar refractivity (Wildman–Crippen MR) is 78.1 cm³/mol. The topological polar surface area (TPSA) is 41.6 Å². The van der Waals surface area contributed by atoms with E-state index in [0.29, 0.717) is 5.56 Å². The molecule has 3 atom stereocenters. The van der Waals surface area contributed by atoms with Gasteiger partial charge in [-0.05, 0) is 55.2 Å². The van der Waals surface area contributed by atoms with Gasteiger partial charge in [-0.25, -0.2) is 4.98 Å². The van der Waals surface area contributed by atoms with Crippen LogP contribution in [0.4, 0.5) is 0 Å². The molecule has 2 bridgehead atoms. The summed E-state index contributed by atoms with van der Waals surface area (Å²) < 4.78 is 2.18. The quantitative estimate of drug-likeness (QED) is 0.834. The first kappa shape index (κ1) is 12.0. The molecule has 2 fully saturated rings. The lowest BCUT2D eigenvalue weighted by atomic mass is 9.86. The van der Waals surface area contributed by atoms with E-state index < -0.39 is 0 Å². The fraction of sp³-hybridized carbons (Fsp3) is 0.529. The minimum atomic E-state index is 0.715. The van der Waals surface area contributed by atoms with Crippen molar-refractivity contribution >= 4 is 11.0 Å². The maximum Gasteiger partial charge on any atom is 0.109 e. The zero-order chi connectivity index (χ0) is 13.7. The van der Waals surface area contributed by atoms with E-state index in [1.807, 2.05) is 18.2 Å². The molecule has 0 radical (unpaired) electrons. The largest absolute Gasteiger partial charge is 0.331 e. The number of imidazole rings is 1. The Labute approximate surface area is 119 Å². The molecular formula is C17H19N3. The Kier molecular flexibility index (Phi) is 2.60. The third-order valence-electron chi connectivity index (χ3n) is 5.43. The molecule has 1 heterocycles. The van der Waals surface area contributed by atoms with Crippen LogP contribution in [0.1, 0.15) is 37.1 Å². The highest BCUT2D eigenvalue weighted by atomic mass is 15.1. The Morgan fingerprint density at radius 2 is 2.25 bits per heavy atom. The van der Waals surface area contributed by atoms with Gasteiger partial charge in [-0.3, -0.25) is 0 Å². The Balaban J connectivity index is 1.67. The SMILES string of the molecule is Cn1c(CC2CC3CCC2C3)nc2ccc(C#N)cc21. The van der Waals surface area contributed by atoms with E-state index in [1.165, 1.54) is 31.5 Å². The summed E-state index contributed by atoms with van der Waals surface area (Å²) in [6.07, 6.45) is 6.84. The maximum absolute atomic E-state index is 9.02. The van der Waals surface area contributed by atoms with Gasteiger partial charge in [0.1, 0.15) is 5.82 Å². The van der Waals surface area contributed by atoms with Crippen molar-refractivity contribution in [3.63, 3.8) is 0 Å². The van der Waals surface area contributed by atoms with Crippen molar-refractivity contribution in [2.75, 3.05) is 0 Å². The van der Waals surface area contributed by atoms with Crippen LogP contribution < -0.4 is 0 Å². The van der Waals surface area contributed by atoms with Gasteiger partial charge < -0.3 is 4.57 Å². The van der Waals surface area contributed by atoms with Gasteiger partial charge in [0.25, 0.3) is 0 Å². The smallest absolute Gasteiger partial charge is 0.109 e. The third kappa shape index (κ3) is 1.75. The Morgan fingerprint density at radius 3 is 2.95 bits per heavy atom. The van der Waals surface area contributed by atoms with Crippen molar-refractivity contribution < 1.29 is 0 Å². The lowest BCUT2D eigenvalue weighted by molar-refractivity contribution is 0.325. The standard InChI is InChI=1S/C17H19N3/c1-20-16-8-12(10-18)3-5-15(16)19-17(20)9-14-7-11-2-4-13(14)6-11/h3,5,8,11,13-14H,2,4,6-7,9H2,1H3. The van der Waals surface area contributed by atoms with Crippen molar-refractivity contribution in [1.82, 2.24) is 9.55 Å². The van der Waals surface area contributed by atoms with Crippen molar-refractivity contribution in [1.29, 1.82) is 5.26 Å². The van der Waals surface area contributed by atoms with Crippen LogP contribution in [-0.2, 0) is 13.5 Å². The summed E-state index contributed by atoms with van der Waals surface area (Å²) in [5, 5.41) is 9.02. The molecule has 2 aromatic rings. The van der Waals surface area contributed by atoms with E-state index in [0.717, 1.165) is 35.2 Å². The number of hydrogen-bond acceptors (Lipinski definition) is 2. The average molecular weight is 265 g/mol. The second-order valence-electron chi connectivity index (χ2n) is 6.54. The Bertz CT molecular complexity index is 707. The third-order valence-corrected chi connectivity index (χ3v) is 5.43. The molecule has 0 aliphatic heterocycles. The highest BCUT2D eigenvalue weighted by molar-refractivity contribution is 5.77. The van der Waals surface area contributed by atoms with E-state index in [1.54, 1.807) is 0 Å². The molecule has 0 saturated heterocycles. The second kappa shape index (κ2) is 4.34.